The lowest BCUT2D eigenvalue weighted by atomic mass is 9.87. The number of amides is 1. The standard InChI is InChI=1S/C12H24N2O/c1-5-12(4,13)11(15)14-7-6-9(2)10(3)8-14/h9-10H,5-8,13H2,1-4H3. The second kappa shape index (κ2) is 4.52. The first-order valence-electron chi connectivity index (χ1n) is 5.96. The third-order valence-electron chi connectivity index (χ3n) is 3.84. The van der Waals surface area contributed by atoms with Crippen LogP contribution in [-0.2, 0) is 4.79 Å². The zero-order chi connectivity index (χ0) is 11.6. The van der Waals surface area contributed by atoms with Crippen molar-refractivity contribution in [3.8, 4) is 0 Å². The van der Waals surface area contributed by atoms with E-state index in [0.717, 1.165) is 25.4 Å². The summed E-state index contributed by atoms with van der Waals surface area (Å²) in [5, 5.41) is 0. The van der Waals surface area contributed by atoms with Gasteiger partial charge in [0.2, 0.25) is 5.91 Å². The van der Waals surface area contributed by atoms with Crippen molar-refractivity contribution >= 4 is 5.91 Å². The molecule has 3 heteroatoms. The van der Waals surface area contributed by atoms with Crippen LogP contribution in [-0.4, -0.2) is 29.4 Å². The van der Waals surface area contributed by atoms with Crippen molar-refractivity contribution in [1.82, 2.24) is 4.90 Å². The van der Waals surface area contributed by atoms with Crippen molar-refractivity contribution in [3.05, 3.63) is 0 Å². The first-order chi connectivity index (χ1) is 6.88. The van der Waals surface area contributed by atoms with E-state index in [1.54, 1.807) is 0 Å². The van der Waals surface area contributed by atoms with Gasteiger partial charge in [0.1, 0.15) is 0 Å². The van der Waals surface area contributed by atoms with Crippen LogP contribution in [0.15, 0.2) is 0 Å². The molecule has 3 unspecified atom stereocenters. The van der Waals surface area contributed by atoms with E-state index in [9.17, 15) is 4.79 Å². The Morgan fingerprint density at radius 2 is 2.07 bits per heavy atom. The van der Waals surface area contributed by atoms with Gasteiger partial charge in [0.05, 0.1) is 5.54 Å². The highest BCUT2D eigenvalue weighted by Gasteiger charge is 2.34. The Hall–Kier alpha value is -0.570. The van der Waals surface area contributed by atoms with Gasteiger partial charge in [-0.05, 0) is 31.6 Å². The molecule has 0 saturated carbocycles. The molecule has 1 amide bonds. The van der Waals surface area contributed by atoms with E-state index in [1.165, 1.54) is 0 Å². The molecule has 0 spiro atoms. The average Bonchev–Trinajstić information content (AvgIpc) is 2.21. The van der Waals surface area contributed by atoms with Crippen LogP contribution in [0.4, 0.5) is 0 Å². The first-order valence-corrected chi connectivity index (χ1v) is 5.96. The summed E-state index contributed by atoms with van der Waals surface area (Å²) in [6.45, 7) is 10.0. The molecule has 1 fully saturated rings. The van der Waals surface area contributed by atoms with Gasteiger partial charge in [-0.1, -0.05) is 20.8 Å². The fourth-order valence-corrected chi connectivity index (χ4v) is 1.96. The molecule has 3 nitrogen and oxygen atoms in total. The van der Waals surface area contributed by atoms with Crippen molar-refractivity contribution in [2.75, 3.05) is 13.1 Å². The molecule has 1 saturated heterocycles. The lowest BCUT2D eigenvalue weighted by molar-refractivity contribution is -0.139. The van der Waals surface area contributed by atoms with Crippen LogP contribution in [0.5, 0.6) is 0 Å². The van der Waals surface area contributed by atoms with Crippen LogP contribution >= 0.6 is 0 Å². The third kappa shape index (κ3) is 2.71. The predicted molar refractivity (Wildman–Crippen MR) is 62.4 cm³/mol. The monoisotopic (exact) mass is 212 g/mol. The first kappa shape index (κ1) is 12.5. The molecule has 1 heterocycles. The lowest BCUT2D eigenvalue weighted by Crippen LogP contribution is -2.55. The predicted octanol–water partition coefficient (Wildman–Crippen LogP) is 1.62. The van der Waals surface area contributed by atoms with Crippen LogP contribution in [0.25, 0.3) is 0 Å². The number of hydrogen-bond acceptors (Lipinski definition) is 2. The summed E-state index contributed by atoms with van der Waals surface area (Å²) in [6.07, 6.45) is 1.80. The Kier molecular flexibility index (Phi) is 3.77. The molecule has 15 heavy (non-hydrogen) atoms. The Bertz CT molecular complexity index is 238. The van der Waals surface area contributed by atoms with Crippen molar-refractivity contribution in [2.24, 2.45) is 17.6 Å². The van der Waals surface area contributed by atoms with E-state index in [1.807, 2.05) is 18.7 Å². The van der Waals surface area contributed by atoms with Gasteiger partial charge in [-0.3, -0.25) is 4.79 Å². The molecule has 3 atom stereocenters. The van der Waals surface area contributed by atoms with E-state index in [0.29, 0.717) is 12.3 Å². The highest BCUT2D eigenvalue weighted by molar-refractivity contribution is 5.85. The molecule has 1 aliphatic rings. The normalized spacial score (nSPS) is 31.1. The molecule has 0 aromatic heterocycles. The minimum absolute atomic E-state index is 0.115. The van der Waals surface area contributed by atoms with Crippen LogP contribution in [0.3, 0.4) is 0 Å². The fraction of sp³-hybridized carbons (Fsp3) is 0.917. The lowest BCUT2D eigenvalue weighted by Gasteiger charge is -2.39. The molecular weight excluding hydrogens is 188 g/mol. The molecular formula is C12H24N2O. The van der Waals surface area contributed by atoms with E-state index in [2.05, 4.69) is 13.8 Å². The molecule has 0 aromatic carbocycles. The summed E-state index contributed by atoms with van der Waals surface area (Å²) in [5.41, 5.74) is 5.30. The fourth-order valence-electron chi connectivity index (χ4n) is 1.96. The van der Waals surface area contributed by atoms with Gasteiger partial charge in [0.25, 0.3) is 0 Å². The van der Waals surface area contributed by atoms with Crippen LogP contribution in [0.2, 0.25) is 0 Å². The number of carbonyl (C=O) groups is 1. The molecule has 88 valence electrons. The molecule has 0 bridgehead atoms. The summed E-state index contributed by atoms with van der Waals surface area (Å²) >= 11 is 0. The molecule has 1 aliphatic heterocycles. The highest BCUT2D eigenvalue weighted by atomic mass is 16.2. The molecule has 0 aliphatic carbocycles. The largest absolute Gasteiger partial charge is 0.341 e. The van der Waals surface area contributed by atoms with E-state index < -0.39 is 5.54 Å². The zero-order valence-corrected chi connectivity index (χ0v) is 10.4. The van der Waals surface area contributed by atoms with Crippen LogP contribution < -0.4 is 5.73 Å². The van der Waals surface area contributed by atoms with E-state index in [4.69, 9.17) is 5.73 Å². The summed E-state index contributed by atoms with van der Waals surface area (Å²) in [4.78, 5) is 14.0. The number of likely N-dealkylation sites (tertiary alicyclic amines) is 1. The van der Waals surface area contributed by atoms with Gasteiger partial charge in [0.15, 0.2) is 0 Å². The maximum Gasteiger partial charge on any atom is 0.242 e. The molecule has 0 radical (unpaired) electrons. The molecule has 2 N–H and O–H groups in total. The van der Waals surface area contributed by atoms with Crippen molar-refractivity contribution < 1.29 is 4.79 Å². The van der Waals surface area contributed by atoms with Gasteiger partial charge in [-0.25, -0.2) is 0 Å². The molecule has 1 rings (SSSR count). The molecule has 0 aromatic rings. The number of nitrogens with two attached hydrogens (primary N) is 1. The maximum absolute atomic E-state index is 12.1. The van der Waals surface area contributed by atoms with Crippen molar-refractivity contribution in [3.63, 3.8) is 0 Å². The topological polar surface area (TPSA) is 46.3 Å². The quantitative estimate of drug-likeness (QED) is 0.756. The second-order valence-electron chi connectivity index (χ2n) is 5.27. The summed E-state index contributed by atoms with van der Waals surface area (Å²) in [6, 6.07) is 0. The summed E-state index contributed by atoms with van der Waals surface area (Å²) in [7, 11) is 0. The Labute approximate surface area is 93.0 Å². The number of piperidine rings is 1. The maximum atomic E-state index is 12.1. The zero-order valence-electron chi connectivity index (χ0n) is 10.4. The third-order valence-corrected chi connectivity index (χ3v) is 3.84. The van der Waals surface area contributed by atoms with Gasteiger partial charge in [-0.15, -0.1) is 0 Å². The van der Waals surface area contributed by atoms with Crippen LogP contribution in [0, 0.1) is 11.8 Å². The van der Waals surface area contributed by atoms with Gasteiger partial charge in [-0.2, -0.15) is 0 Å². The van der Waals surface area contributed by atoms with E-state index >= 15 is 0 Å². The number of carbonyl (C=O) groups excluding carboxylic acids is 1. The SMILES string of the molecule is CCC(C)(N)C(=O)N1CCC(C)C(C)C1. The number of nitrogens with zero attached hydrogens (tertiary/aromatic N) is 1. The minimum atomic E-state index is -0.680. The van der Waals surface area contributed by atoms with Gasteiger partial charge >= 0.3 is 0 Å². The highest BCUT2D eigenvalue weighted by Crippen LogP contribution is 2.24. The Balaban J connectivity index is 2.62. The minimum Gasteiger partial charge on any atom is -0.341 e. The van der Waals surface area contributed by atoms with Crippen molar-refractivity contribution in [1.29, 1.82) is 0 Å². The average molecular weight is 212 g/mol. The Morgan fingerprint density at radius 3 is 2.53 bits per heavy atom. The van der Waals surface area contributed by atoms with Crippen LogP contribution in [0.1, 0.15) is 40.5 Å². The Morgan fingerprint density at radius 1 is 1.47 bits per heavy atom. The van der Waals surface area contributed by atoms with Gasteiger partial charge in [0, 0.05) is 13.1 Å². The smallest absolute Gasteiger partial charge is 0.242 e. The van der Waals surface area contributed by atoms with E-state index in [-0.39, 0.29) is 5.91 Å². The summed E-state index contributed by atoms with van der Waals surface area (Å²) in [5.74, 6) is 1.43. The van der Waals surface area contributed by atoms with Crippen molar-refractivity contribution in [2.45, 2.75) is 46.1 Å². The second-order valence-corrected chi connectivity index (χ2v) is 5.27. The number of rotatable bonds is 2. The summed E-state index contributed by atoms with van der Waals surface area (Å²) < 4.78 is 0. The number of hydrogen-bond donors (Lipinski definition) is 1. The van der Waals surface area contributed by atoms with Gasteiger partial charge < -0.3 is 10.6 Å².